The summed E-state index contributed by atoms with van der Waals surface area (Å²) >= 11 is 7.25. The van der Waals surface area contributed by atoms with Gasteiger partial charge >= 0.3 is 0 Å². The molecule has 1 amide bonds. The number of amides is 1. The van der Waals surface area contributed by atoms with Gasteiger partial charge in [-0.3, -0.25) is 4.79 Å². The molecule has 1 heterocycles. The lowest BCUT2D eigenvalue weighted by Crippen LogP contribution is -2.28. The molecule has 1 N–H and O–H groups in total. The number of methoxy groups -OCH3 is 1. The number of nitrogens with one attached hydrogen (secondary N) is 1. The van der Waals surface area contributed by atoms with Gasteiger partial charge < -0.3 is 14.6 Å². The molecule has 0 fully saturated rings. The summed E-state index contributed by atoms with van der Waals surface area (Å²) in [5, 5.41) is 7.31. The van der Waals surface area contributed by atoms with Crippen molar-refractivity contribution in [3.05, 3.63) is 35.2 Å². The zero-order valence-electron chi connectivity index (χ0n) is 12.0. The number of rotatable bonds is 8. The average molecular weight is 342 g/mol. The first kappa shape index (κ1) is 16.8. The van der Waals surface area contributed by atoms with Crippen LogP contribution < -0.4 is 5.32 Å². The number of carbonyl (C=O) groups excluding carboxylic acids is 1. The molecule has 6 nitrogen and oxygen atoms in total. The average Bonchev–Trinajstić information content (AvgIpc) is 2.97. The zero-order valence-corrected chi connectivity index (χ0v) is 13.6. The monoisotopic (exact) mass is 341 g/mol. The van der Waals surface area contributed by atoms with Gasteiger partial charge in [-0.2, -0.15) is 4.98 Å². The fourth-order valence-electron chi connectivity index (χ4n) is 1.60. The van der Waals surface area contributed by atoms with Crippen molar-refractivity contribution in [1.82, 2.24) is 15.5 Å². The molecule has 2 aromatic rings. The molecule has 0 aliphatic carbocycles. The third-order valence-corrected chi connectivity index (χ3v) is 3.83. The zero-order chi connectivity index (χ0) is 15.8. The molecule has 0 bridgehead atoms. The molecule has 1 aromatic carbocycles. The molecule has 0 aliphatic heterocycles. The second-order valence-corrected chi connectivity index (χ2v) is 5.78. The van der Waals surface area contributed by atoms with Gasteiger partial charge in [0.05, 0.1) is 18.1 Å². The first-order chi connectivity index (χ1) is 10.7. The quantitative estimate of drug-likeness (QED) is 0.743. The fourth-order valence-corrected chi connectivity index (χ4v) is 2.41. The maximum Gasteiger partial charge on any atom is 0.236 e. The molecule has 2 rings (SSSR count). The van der Waals surface area contributed by atoms with Crippen LogP contribution in [-0.4, -0.2) is 42.1 Å². The number of hydrogen-bond acceptors (Lipinski definition) is 6. The third kappa shape index (κ3) is 5.32. The van der Waals surface area contributed by atoms with E-state index in [1.165, 1.54) is 11.8 Å². The third-order valence-electron chi connectivity index (χ3n) is 2.66. The van der Waals surface area contributed by atoms with Crippen molar-refractivity contribution in [2.45, 2.75) is 5.75 Å². The van der Waals surface area contributed by atoms with Gasteiger partial charge in [-0.15, -0.1) is 11.8 Å². The topological polar surface area (TPSA) is 77.2 Å². The molecule has 0 atom stereocenters. The Balaban J connectivity index is 1.78. The highest BCUT2D eigenvalue weighted by atomic mass is 35.5. The molecular weight excluding hydrogens is 326 g/mol. The van der Waals surface area contributed by atoms with Crippen LogP contribution in [-0.2, 0) is 15.3 Å². The van der Waals surface area contributed by atoms with Crippen LogP contribution in [0.25, 0.3) is 11.4 Å². The van der Waals surface area contributed by atoms with Gasteiger partial charge in [-0.1, -0.05) is 16.8 Å². The molecule has 8 heteroatoms. The molecule has 0 aliphatic rings. The number of benzene rings is 1. The second-order valence-electron chi connectivity index (χ2n) is 4.35. The summed E-state index contributed by atoms with van der Waals surface area (Å²) in [6.45, 7) is 1.02. The molecule has 0 saturated heterocycles. The predicted molar refractivity (Wildman–Crippen MR) is 85.8 cm³/mol. The van der Waals surface area contributed by atoms with E-state index in [1.807, 2.05) is 12.1 Å². The van der Waals surface area contributed by atoms with Crippen LogP contribution in [0.1, 0.15) is 5.89 Å². The Labute approximate surface area is 137 Å². The molecule has 0 radical (unpaired) electrons. The van der Waals surface area contributed by atoms with Crippen LogP contribution in [0.4, 0.5) is 0 Å². The Bertz CT molecular complexity index is 604. The Hall–Kier alpha value is -1.57. The lowest BCUT2D eigenvalue weighted by molar-refractivity contribution is -0.118. The van der Waals surface area contributed by atoms with Crippen LogP contribution in [0.5, 0.6) is 0 Å². The van der Waals surface area contributed by atoms with E-state index in [0.29, 0.717) is 41.4 Å². The molecular formula is C14H16ClN3O3S. The largest absolute Gasteiger partial charge is 0.383 e. The normalized spacial score (nSPS) is 10.6. The van der Waals surface area contributed by atoms with E-state index >= 15 is 0 Å². The summed E-state index contributed by atoms with van der Waals surface area (Å²) in [4.78, 5) is 15.8. The van der Waals surface area contributed by atoms with Crippen LogP contribution in [0.2, 0.25) is 5.02 Å². The SMILES string of the molecule is COCCNC(=O)CSCc1nc(-c2ccc(Cl)cc2)no1. The van der Waals surface area contributed by atoms with E-state index in [-0.39, 0.29) is 5.91 Å². The van der Waals surface area contributed by atoms with Crippen molar-refractivity contribution in [3.63, 3.8) is 0 Å². The van der Waals surface area contributed by atoms with Crippen LogP contribution >= 0.6 is 23.4 Å². The van der Waals surface area contributed by atoms with Gasteiger partial charge in [0, 0.05) is 24.2 Å². The van der Waals surface area contributed by atoms with Gasteiger partial charge in [0.25, 0.3) is 0 Å². The summed E-state index contributed by atoms with van der Waals surface area (Å²) in [5.41, 5.74) is 0.835. The predicted octanol–water partition coefficient (Wildman–Crippen LogP) is 2.39. The molecule has 118 valence electrons. The minimum atomic E-state index is -0.0421. The van der Waals surface area contributed by atoms with Crippen molar-refractivity contribution in [1.29, 1.82) is 0 Å². The van der Waals surface area contributed by atoms with Gasteiger partial charge in [0.2, 0.25) is 17.6 Å². The van der Waals surface area contributed by atoms with E-state index < -0.39 is 0 Å². The Morgan fingerprint density at radius 3 is 2.91 bits per heavy atom. The Kier molecular flexibility index (Phi) is 6.70. The summed E-state index contributed by atoms with van der Waals surface area (Å²) in [6.07, 6.45) is 0. The highest BCUT2D eigenvalue weighted by molar-refractivity contribution is 7.99. The van der Waals surface area contributed by atoms with E-state index in [1.54, 1.807) is 19.2 Å². The number of hydrogen-bond donors (Lipinski definition) is 1. The Morgan fingerprint density at radius 1 is 1.41 bits per heavy atom. The van der Waals surface area contributed by atoms with E-state index in [4.69, 9.17) is 20.9 Å². The van der Waals surface area contributed by atoms with Crippen LogP contribution in [0.15, 0.2) is 28.8 Å². The smallest absolute Gasteiger partial charge is 0.236 e. The number of carbonyl (C=O) groups is 1. The first-order valence-electron chi connectivity index (χ1n) is 6.61. The highest BCUT2D eigenvalue weighted by Crippen LogP contribution is 2.20. The standard InChI is InChI=1S/C14H16ClN3O3S/c1-20-7-6-16-12(19)8-22-9-13-17-14(18-21-13)10-2-4-11(15)5-3-10/h2-5H,6-9H2,1H3,(H,16,19). The number of halogens is 1. The summed E-state index contributed by atoms with van der Waals surface area (Å²) in [5.74, 6) is 1.77. The van der Waals surface area contributed by atoms with Crippen molar-refractivity contribution in [2.24, 2.45) is 0 Å². The van der Waals surface area contributed by atoms with Gasteiger partial charge in [-0.25, -0.2) is 0 Å². The van der Waals surface area contributed by atoms with Gasteiger partial charge in [0.15, 0.2) is 0 Å². The summed E-state index contributed by atoms with van der Waals surface area (Å²) < 4.78 is 10.0. The highest BCUT2D eigenvalue weighted by Gasteiger charge is 2.09. The molecule has 1 aromatic heterocycles. The van der Waals surface area contributed by atoms with Crippen molar-refractivity contribution in [3.8, 4) is 11.4 Å². The molecule has 22 heavy (non-hydrogen) atoms. The number of ether oxygens (including phenoxy) is 1. The number of aromatic nitrogens is 2. The number of thioether (sulfide) groups is 1. The molecule has 0 unspecified atom stereocenters. The maximum atomic E-state index is 11.5. The first-order valence-corrected chi connectivity index (χ1v) is 8.14. The van der Waals surface area contributed by atoms with Crippen molar-refractivity contribution in [2.75, 3.05) is 26.0 Å². The molecule has 0 saturated carbocycles. The minimum absolute atomic E-state index is 0.0421. The van der Waals surface area contributed by atoms with E-state index in [0.717, 1.165) is 5.56 Å². The lowest BCUT2D eigenvalue weighted by Gasteiger charge is -2.02. The van der Waals surface area contributed by atoms with Crippen LogP contribution in [0, 0.1) is 0 Å². The van der Waals surface area contributed by atoms with E-state index in [2.05, 4.69) is 15.5 Å². The van der Waals surface area contributed by atoms with Gasteiger partial charge in [0.1, 0.15) is 0 Å². The number of nitrogens with zero attached hydrogens (tertiary/aromatic N) is 2. The summed E-state index contributed by atoms with van der Waals surface area (Å²) in [7, 11) is 1.59. The lowest BCUT2D eigenvalue weighted by atomic mass is 10.2. The van der Waals surface area contributed by atoms with E-state index in [9.17, 15) is 4.79 Å². The minimum Gasteiger partial charge on any atom is -0.383 e. The molecule has 0 spiro atoms. The fraction of sp³-hybridized carbons (Fsp3) is 0.357. The van der Waals surface area contributed by atoms with Crippen molar-refractivity contribution < 1.29 is 14.1 Å². The van der Waals surface area contributed by atoms with Crippen LogP contribution in [0.3, 0.4) is 0 Å². The maximum absolute atomic E-state index is 11.5. The van der Waals surface area contributed by atoms with Crippen molar-refractivity contribution >= 4 is 29.3 Å². The Morgan fingerprint density at radius 2 is 2.18 bits per heavy atom. The second kappa shape index (κ2) is 8.77. The van der Waals surface area contributed by atoms with Gasteiger partial charge in [-0.05, 0) is 24.3 Å². The summed E-state index contributed by atoms with van der Waals surface area (Å²) in [6, 6.07) is 7.19.